The van der Waals surface area contributed by atoms with Crippen LogP contribution < -0.4 is 5.32 Å². The summed E-state index contributed by atoms with van der Waals surface area (Å²) >= 11 is 0. The van der Waals surface area contributed by atoms with E-state index >= 15 is 0 Å². The van der Waals surface area contributed by atoms with Crippen molar-refractivity contribution in [3.8, 4) is 0 Å². The van der Waals surface area contributed by atoms with E-state index in [0.717, 1.165) is 13.1 Å². The Morgan fingerprint density at radius 1 is 1.35 bits per heavy atom. The molecule has 1 fully saturated rings. The molecule has 5 nitrogen and oxygen atoms in total. The maximum absolute atomic E-state index is 12.0. The molecule has 1 aliphatic heterocycles. The van der Waals surface area contributed by atoms with Gasteiger partial charge in [0, 0.05) is 13.0 Å². The monoisotopic (exact) mass is 245 g/mol. The van der Waals surface area contributed by atoms with Crippen LogP contribution in [0.3, 0.4) is 0 Å². The Hall–Kier alpha value is -0.650. The molecule has 0 radical (unpaired) electrons. The lowest BCUT2D eigenvalue weighted by Crippen LogP contribution is -2.45. The summed E-state index contributed by atoms with van der Waals surface area (Å²) in [5, 5.41) is 12.9. The molecular weight excluding hydrogens is 222 g/mol. The van der Waals surface area contributed by atoms with Crippen molar-refractivity contribution >= 4 is 5.97 Å². The molecule has 1 heterocycles. The third-order valence-corrected chi connectivity index (χ3v) is 3.19. The van der Waals surface area contributed by atoms with E-state index < -0.39 is 11.7 Å². The third-order valence-electron chi connectivity index (χ3n) is 3.19. The van der Waals surface area contributed by atoms with Crippen LogP contribution >= 0.6 is 0 Å². The number of nitrogens with one attached hydrogen (secondary N) is 1. The molecule has 5 heteroatoms. The van der Waals surface area contributed by atoms with Gasteiger partial charge in [-0.3, -0.25) is 4.79 Å². The van der Waals surface area contributed by atoms with Crippen LogP contribution in [0.2, 0.25) is 0 Å². The summed E-state index contributed by atoms with van der Waals surface area (Å²) in [6.07, 6.45) is 0.815. The van der Waals surface area contributed by atoms with Gasteiger partial charge in [0.05, 0.1) is 12.0 Å². The van der Waals surface area contributed by atoms with Crippen molar-refractivity contribution < 1.29 is 19.4 Å². The van der Waals surface area contributed by atoms with Gasteiger partial charge < -0.3 is 19.9 Å². The first kappa shape index (κ1) is 14.4. The summed E-state index contributed by atoms with van der Waals surface area (Å²) < 4.78 is 10.3. The van der Waals surface area contributed by atoms with Gasteiger partial charge in [-0.05, 0) is 39.8 Å². The lowest BCUT2D eigenvalue weighted by Gasteiger charge is -2.36. The Kier molecular flexibility index (Phi) is 5.88. The van der Waals surface area contributed by atoms with E-state index in [2.05, 4.69) is 5.32 Å². The molecule has 100 valence electrons. The summed E-state index contributed by atoms with van der Waals surface area (Å²) in [5.74, 6) is -0.208. The van der Waals surface area contributed by atoms with E-state index in [9.17, 15) is 9.90 Å². The molecule has 0 amide bonds. The van der Waals surface area contributed by atoms with E-state index in [0.29, 0.717) is 32.5 Å². The second-order valence-corrected chi connectivity index (χ2v) is 4.36. The smallest absolute Gasteiger partial charge is 0.312 e. The first-order valence-electron chi connectivity index (χ1n) is 6.32. The van der Waals surface area contributed by atoms with E-state index in [-0.39, 0.29) is 5.97 Å². The van der Waals surface area contributed by atoms with Gasteiger partial charge in [-0.25, -0.2) is 0 Å². The van der Waals surface area contributed by atoms with Crippen molar-refractivity contribution in [2.75, 3.05) is 26.3 Å². The highest BCUT2D eigenvalue weighted by Gasteiger charge is 2.42. The largest absolute Gasteiger partial charge is 0.466 e. The molecule has 2 N–H and O–H groups in total. The molecule has 17 heavy (non-hydrogen) atoms. The van der Waals surface area contributed by atoms with Gasteiger partial charge >= 0.3 is 5.97 Å². The molecule has 0 spiro atoms. The summed E-state index contributed by atoms with van der Waals surface area (Å²) in [5.41, 5.74) is -0.587. The van der Waals surface area contributed by atoms with E-state index in [1.807, 2.05) is 6.92 Å². The Bertz CT molecular complexity index is 239. The number of aliphatic hydroxyl groups is 1. The standard InChI is InChI=1S/C12H23NO4/c1-3-16-10(14)9-12(11(15)17-4-2)5-7-13-8-6-12/h10,13-14H,3-9H2,1-2H3. The highest BCUT2D eigenvalue weighted by atomic mass is 16.6. The fraction of sp³-hybridized carbons (Fsp3) is 0.917. The minimum Gasteiger partial charge on any atom is -0.466 e. The van der Waals surface area contributed by atoms with Gasteiger partial charge in [0.1, 0.15) is 0 Å². The van der Waals surface area contributed by atoms with E-state index in [4.69, 9.17) is 9.47 Å². The Morgan fingerprint density at radius 2 is 2.00 bits per heavy atom. The predicted molar refractivity (Wildman–Crippen MR) is 63.4 cm³/mol. The Morgan fingerprint density at radius 3 is 2.53 bits per heavy atom. The minimum atomic E-state index is -0.887. The number of hydrogen-bond donors (Lipinski definition) is 2. The lowest BCUT2D eigenvalue weighted by molar-refractivity contribution is -0.170. The molecule has 0 bridgehead atoms. The van der Waals surface area contributed by atoms with Crippen LogP contribution in [0.4, 0.5) is 0 Å². The van der Waals surface area contributed by atoms with Crippen LogP contribution in [0.25, 0.3) is 0 Å². The van der Waals surface area contributed by atoms with Crippen LogP contribution in [0, 0.1) is 5.41 Å². The van der Waals surface area contributed by atoms with E-state index in [1.54, 1.807) is 6.92 Å². The van der Waals surface area contributed by atoms with E-state index in [1.165, 1.54) is 0 Å². The number of carbonyl (C=O) groups is 1. The highest BCUT2D eigenvalue weighted by Crippen LogP contribution is 2.35. The maximum Gasteiger partial charge on any atom is 0.312 e. The number of esters is 1. The summed E-state index contributed by atoms with van der Waals surface area (Å²) in [4.78, 5) is 12.0. The fourth-order valence-corrected chi connectivity index (χ4v) is 2.27. The zero-order valence-electron chi connectivity index (χ0n) is 10.7. The average molecular weight is 245 g/mol. The molecule has 1 rings (SSSR count). The molecule has 0 aromatic heterocycles. The van der Waals surface area contributed by atoms with Crippen LogP contribution in [-0.2, 0) is 14.3 Å². The second-order valence-electron chi connectivity index (χ2n) is 4.36. The molecular formula is C12H23NO4. The highest BCUT2D eigenvalue weighted by molar-refractivity contribution is 5.77. The zero-order valence-corrected chi connectivity index (χ0v) is 10.7. The predicted octanol–water partition coefficient (Wildman–Crippen LogP) is 0.664. The number of rotatable bonds is 6. The summed E-state index contributed by atoms with van der Waals surface area (Å²) in [6, 6.07) is 0. The Labute approximate surface area is 102 Å². The molecule has 0 aromatic carbocycles. The van der Waals surface area contributed by atoms with Gasteiger partial charge in [0.15, 0.2) is 6.29 Å². The first-order chi connectivity index (χ1) is 8.14. The summed E-state index contributed by atoms with van der Waals surface area (Å²) in [7, 11) is 0. The fourth-order valence-electron chi connectivity index (χ4n) is 2.27. The molecule has 1 unspecified atom stereocenters. The number of hydrogen-bond acceptors (Lipinski definition) is 5. The van der Waals surface area contributed by atoms with Crippen LogP contribution in [0.5, 0.6) is 0 Å². The van der Waals surface area contributed by atoms with Crippen molar-refractivity contribution in [1.82, 2.24) is 5.32 Å². The third kappa shape index (κ3) is 3.94. The maximum atomic E-state index is 12.0. The molecule has 0 saturated carbocycles. The minimum absolute atomic E-state index is 0.208. The van der Waals surface area contributed by atoms with Gasteiger partial charge in [0.25, 0.3) is 0 Å². The average Bonchev–Trinajstić information content (AvgIpc) is 2.30. The quantitative estimate of drug-likeness (QED) is 0.531. The topological polar surface area (TPSA) is 67.8 Å². The molecule has 0 aliphatic carbocycles. The van der Waals surface area contributed by atoms with Crippen LogP contribution in [0.15, 0.2) is 0 Å². The van der Waals surface area contributed by atoms with Crippen molar-refractivity contribution in [2.45, 2.75) is 39.4 Å². The number of ether oxygens (including phenoxy) is 2. The number of piperidine rings is 1. The van der Waals surface area contributed by atoms with Crippen molar-refractivity contribution in [3.05, 3.63) is 0 Å². The van der Waals surface area contributed by atoms with Gasteiger partial charge in [-0.1, -0.05) is 0 Å². The number of aliphatic hydroxyl groups excluding tert-OH is 1. The SMILES string of the molecule is CCOC(=O)C1(CC(O)OCC)CCNCC1. The van der Waals surface area contributed by atoms with Crippen molar-refractivity contribution in [3.63, 3.8) is 0 Å². The van der Waals surface area contributed by atoms with Gasteiger partial charge in [-0.15, -0.1) is 0 Å². The number of carbonyl (C=O) groups excluding carboxylic acids is 1. The summed E-state index contributed by atoms with van der Waals surface area (Å²) in [6.45, 7) is 5.99. The molecule has 1 aliphatic rings. The van der Waals surface area contributed by atoms with Crippen molar-refractivity contribution in [2.24, 2.45) is 5.41 Å². The van der Waals surface area contributed by atoms with Crippen molar-refractivity contribution in [1.29, 1.82) is 0 Å². The normalized spacial score (nSPS) is 20.9. The Balaban J connectivity index is 2.67. The molecule has 0 aromatic rings. The van der Waals surface area contributed by atoms with Crippen LogP contribution in [0.1, 0.15) is 33.1 Å². The zero-order chi connectivity index (χ0) is 12.7. The lowest BCUT2D eigenvalue weighted by atomic mass is 9.76. The first-order valence-corrected chi connectivity index (χ1v) is 6.32. The second kappa shape index (κ2) is 6.93. The van der Waals surface area contributed by atoms with Gasteiger partial charge in [0.2, 0.25) is 0 Å². The van der Waals surface area contributed by atoms with Crippen LogP contribution in [-0.4, -0.2) is 43.7 Å². The van der Waals surface area contributed by atoms with Gasteiger partial charge in [-0.2, -0.15) is 0 Å². The molecule has 1 atom stereocenters. The molecule has 1 saturated heterocycles.